The van der Waals surface area contributed by atoms with E-state index in [-0.39, 0.29) is 24.5 Å². The summed E-state index contributed by atoms with van der Waals surface area (Å²) >= 11 is 0. The Bertz CT molecular complexity index is 1620. The van der Waals surface area contributed by atoms with Crippen LogP contribution in [-0.2, 0) is 23.1 Å². The van der Waals surface area contributed by atoms with Crippen LogP contribution in [0, 0.1) is 17.2 Å². The van der Waals surface area contributed by atoms with Gasteiger partial charge in [-0.3, -0.25) is 14.4 Å². The first-order chi connectivity index (χ1) is 21.2. The van der Waals surface area contributed by atoms with Crippen molar-refractivity contribution >= 4 is 17.7 Å². The van der Waals surface area contributed by atoms with Crippen molar-refractivity contribution in [2.75, 3.05) is 6.54 Å². The van der Waals surface area contributed by atoms with E-state index in [0.717, 1.165) is 60.8 Å². The van der Waals surface area contributed by atoms with Gasteiger partial charge in [-0.1, -0.05) is 25.0 Å². The molecule has 12 nitrogen and oxygen atoms in total. The second kappa shape index (κ2) is 10.5. The number of aryl methyl sites for hydroxylation is 2. The molecule has 4 aliphatic rings. The summed E-state index contributed by atoms with van der Waals surface area (Å²) < 4.78 is 0. The number of nitrogens with zero attached hydrogens (tertiary/aromatic N) is 5. The molecule has 3 amide bonds. The van der Waals surface area contributed by atoms with Crippen LogP contribution in [0.2, 0.25) is 0 Å². The minimum Gasteiger partial charge on any atom is -0.366 e. The third kappa shape index (κ3) is 4.54. The zero-order chi connectivity index (χ0) is 30.6. The molecule has 3 aliphatic carbocycles. The first-order valence-electron chi connectivity index (χ1n) is 15.3. The Morgan fingerprint density at radius 3 is 2.18 bits per heavy atom. The van der Waals surface area contributed by atoms with E-state index in [0.29, 0.717) is 42.1 Å². The lowest BCUT2D eigenvalue weighted by molar-refractivity contribution is -0.131. The van der Waals surface area contributed by atoms with E-state index in [9.17, 15) is 19.6 Å². The first-order valence-corrected chi connectivity index (χ1v) is 15.3. The highest BCUT2D eigenvalue weighted by atomic mass is 16.2. The Hall–Kier alpha value is -4.63. The summed E-state index contributed by atoms with van der Waals surface area (Å²) in [5.74, 6) is -0.0892. The molecule has 226 valence electrons. The molecule has 3 fully saturated rings. The van der Waals surface area contributed by atoms with E-state index in [1.165, 1.54) is 0 Å². The summed E-state index contributed by atoms with van der Waals surface area (Å²) in [7, 11) is 0. The van der Waals surface area contributed by atoms with Crippen LogP contribution in [0.1, 0.15) is 93.7 Å². The fraction of sp³-hybridized carbons (Fsp3) is 0.469. The van der Waals surface area contributed by atoms with Crippen LogP contribution in [0.4, 0.5) is 0 Å². The van der Waals surface area contributed by atoms with Crippen LogP contribution in [0.25, 0.3) is 0 Å². The maximum absolute atomic E-state index is 13.6. The number of benzene rings is 2. The number of likely N-dealkylation sites (tertiary alicyclic amines) is 1. The van der Waals surface area contributed by atoms with Crippen molar-refractivity contribution in [1.82, 2.24) is 30.8 Å². The number of nitrogens with one attached hydrogen (secondary N) is 2. The van der Waals surface area contributed by atoms with E-state index < -0.39 is 22.8 Å². The molecule has 1 unspecified atom stereocenters. The lowest BCUT2D eigenvalue weighted by Crippen LogP contribution is -2.53. The molecule has 1 saturated heterocycles. The number of aromatic amines is 1. The van der Waals surface area contributed by atoms with Gasteiger partial charge in [0.15, 0.2) is 5.82 Å². The molecule has 0 bridgehead atoms. The number of carbonyl (C=O) groups is 3. The Balaban J connectivity index is 1.35. The number of tetrazole rings is 1. The Labute approximate surface area is 254 Å². The van der Waals surface area contributed by atoms with Crippen LogP contribution >= 0.6 is 0 Å². The Morgan fingerprint density at radius 1 is 1.00 bits per heavy atom. The van der Waals surface area contributed by atoms with Crippen LogP contribution in [0.5, 0.6) is 0 Å². The summed E-state index contributed by atoms with van der Waals surface area (Å²) in [5.41, 5.74) is 14.6. The molecule has 3 aromatic rings. The number of hydrogen-bond acceptors (Lipinski definition) is 8. The molecule has 0 spiro atoms. The highest BCUT2D eigenvalue weighted by Gasteiger charge is 2.55. The quantitative estimate of drug-likeness (QED) is 0.302. The molecule has 44 heavy (non-hydrogen) atoms. The molecule has 2 aromatic carbocycles. The van der Waals surface area contributed by atoms with Gasteiger partial charge in [-0.25, -0.2) is 5.10 Å². The normalized spacial score (nSPS) is 24.0. The number of aromatic nitrogens is 4. The topological polar surface area (TPSA) is 197 Å². The summed E-state index contributed by atoms with van der Waals surface area (Å²) in [6.07, 6.45) is 7.09. The van der Waals surface area contributed by atoms with Gasteiger partial charge in [-0.15, -0.1) is 5.10 Å². The van der Waals surface area contributed by atoms with Gasteiger partial charge in [0.05, 0.1) is 18.0 Å². The van der Waals surface area contributed by atoms with Crippen LogP contribution < -0.4 is 16.8 Å². The first kappa shape index (κ1) is 28.2. The van der Waals surface area contributed by atoms with Crippen LogP contribution in [-0.4, -0.2) is 67.4 Å². The molecule has 2 heterocycles. The maximum atomic E-state index is 13.6. The summed E-state index contributed by atoms with van der Waals surface area (Å²) in [4.78, 5) is 39.8. The van der Waals surface area contributed by atoms with E-state index >= 15 is 0 Å². The second-order valence-corrected chi connectivity index (χ2v) is 12.9. The van der Waals surface area contributed by atoms with Crippen molar-refractivity contribution in [3.8, 4) is 6.07 Å². The van der Waals surface area contributed by atoms with Gasteiger partial charge in [-0.05, 0) is 108 Å². The molecule has 0 radical (unpaired) electrons. The zero-order valence-electron chi connectivity index (χ0n) is 24.4. The van der Waals surface area contributed by atoms with Gasteiger partial charge in [0.1, 0.15) is 6.04 Å². The lowest BCUT2D eigenvalue weighted by Gasteiger charge is -2.43. The van der Waals surface area contributed by atoms with E-state index in [1.807, 2.05) is 24.3 Å². The van der Waals surface area contributed by atoms with E-state index in [2.05, 4.69) is 32.0 Å². The van der Waals surface area contributed by atoms with E-state index in [1.54, 1.807) is 17.0 Å². The number of fused-ring (bicyclic) bond motifs is 3. The molecule has 3 atom stereocenters. The van der Waals surface area contributed by atoms with Crippen molar-refractivity contribution < 1.29 is 14.4 Å². The minimum atomic E-state index is -0.915. The number of hydrogen-bond donors (Lipinski definition) is 4. The summed E-state index contributed by atoms with van der Waals surface area (Å²) in [6, 6.07) is 13.2. The maximum Gasteiger partial charge on any atom is 0.248 e. The summed E-state index contributed by atoms with van der Waals surface area (Å²) in [6.45, 7) is 0.132. The number of piperidine rings is 1. The van der Waals surface area contributed by atoms with Crippen LogP contribution in [0.3, 0.4) is 0 Å². The van der Waals surface area contributed by atoms with Crippen molar-refractivity contribution in [3.05, 3.63) is 75.6 Å². The zero-order valence-corrected chi connectivity index (χ0v) is 24.4. The fourth-order valence-electron chi connectivity index (χ4n) is 8.28. The van der Waals surface area contributed by atoms with Gasteiger partial charge >= 0.3 is 0 Å². The highest BCUT2D eigenvalue weighted by Crippen LogP contribution is 2.52. The number of H-pyrrole nitrogens is 1. The molecule has 1 aliphatic heterocycles. The minimum absolute atomic E-state index is 0.0397. The number of rotatable bonds is 8. The smallest absolute Gasteiger partial charge is 0.248 e. The number of primary amides is 2. The third-order valence-corrected chi connectivity index (χ3v) is 10.4. The number of carbonyl (C=O) groups excluding carboxylic acids is 3. The molecule has 1 aromatic heterocycles. The van der Waals surface area contributed by atoms with Crippen molar-refractivity contribution in [2.24, 2.45) is 17.4 Å². The number of amides is 3. The van der Waals surface area contributed by atoms with Gasteiger partial charge in [-0.2, -0.15) is 5.26 Å². The molecule has 12 heteroatoms. The molecular weight excluding hydrogens is 558 g/mol. The predicted molar refractivity (Wildman–Crippen MR) is 158 cm³/mol. The van der Waals surface area contributed by atoms with Gasteiger partial charge in [0.25, 0.3) is 0 Å². The number of nitrogens with two attached hydrogens (primary N) is 2. The van der Waals surface area contributed by atoms with Crippen molar-refractivity contribution in [3.63, 3.8) is 0 Å². The van der Waals surface area contributed by atoms with Crippen LogP contribution in [0.15, 0.2) is 36.4 Å². The van der Waals surface area contributed by atoms with Crippen molar-refractivity contribution in [1.29, 1.82) is 5.26 Å². The van der Waals surface area contributed by atoms with Gasteiger partial charge in [0, 0.05) is 22.7 Å². The standard InChI is InChI=1S/C32H35N9O3/c33-15-23-13-22-14-26(22)41(23)27(42)16-36-31(9-1-2-10-31)17-32(30-37-39-40-38-30)24-7-5-20(28(34)43)11-18(24)3-4-19-12-21(29(35)44)6-8-25(19)32/h5-8,11-12,22-23,26,36H,1-4,9-10,13-14,16-17H2,(H2,34,43)(H2,35,44)(H,37,38,39,40)/t22-,23?,26+/m1/s1. The largest absolute Gasteiger partial charge is 0.366 e. The molecular formula is C32H35N9O3. The lowest BCUT2D eigenvalue weighted by atomic mass is 9.64. The third-order valence-electron chi connectivity index (χ3n) is 10.4. The highest BCUT2D eigenvalue weighted by molar-refractivity contribution is 5.94. The number of nitriles is 1. The average molecular weight is 594 g/mol. The SMILES string of the molecule is N#CC1C[C@@H]2C[C@@H]2N1C(=O)CNC1(CC2(c3nnn[nH]3)c3ccc(C(N)=O)cc3CCc3cc(C(N)=O)ccc32)CCCC1. The predicted octanol–water partition coefficient (Wildman–Crippen LogP) is 1.64. The average Bonchev–Trinajstić information content (AvgIpc) is 3.39. The van der Waals surface area contributed by atoms with Gasteiger partial charge < -0.3 is 21.7 Å². The molecule has 7 rings (SSSR count). The van der Waals surface area contributed by atoms with E-state index in [4.69, 9.17) is 11.5 Å². The monoisotopic (exact) mass is 593 g/mol. The fourth-order valence-corrected chi connectivity index (χ4v) is 8.28. The van der Waals surface area contributed by atoms with Crippen molar-refractivity contribution in [2.45, 2.75) is 80.8 Å². The molecule has 2 saturated carbocycles. The Morgan fingerprint density at radius 2 is 1.64 bits per heavy atom. The molecule has 6 N–H and O–H groups in total. The Kier molecular flexibility index (Phi) is 6.73. The second-order valence-electron chi connectivity index (χ2n) is 12.9. The van der Waals surface area contributed by atoms with Gasteiger partial charge in [0.2, 0.25) is 17.7 Å². The summed E-state index contributed by atoms with van der Waals surface area (Å²) in [5, 5.41) is 28.9.